The minimum absolute atomic E-state index is 0. The van der Waals surface area contributed by atoms with Gasteiger partial charge in [-0.2, -0.15) is 0 Å². The first-order valence-corrected chi connectivity index (χ1v) is 4.55. The Hall–Kier alpha value is -0.870. The highest BCUT2D eigenvalue weighted by Crippen LogP contribution is 2.08. The summed E-state index contributed by atoms with van der Waals surface area (Å²) in [5.41, 5.74) is 0. The first kappa shape index (κ1) is 11.2. The lowest BCUT2D eigenvalue weighted by Gasteiger charge is -2.08. The maximum Gasteiger partial charge on any atom is 0.316 e. The van der Waals surface area contributed by atoms with Gasteiger partial charge in [0.1, 0.15) is 0 Å². The van der Waals surface area contributed by atoms with Crippen LogP contribution < -0.4 is 10.1 Å². The van der Waals surface area contributed by atoms with Crippen LogP contribution in [0.1, 0.15) is 6.42 Å². The van der Waals surface area contributed by atoms with Crippen LogP contribution in [0, 0.1) is 5.92 Å². The predicted octanol–water partition coefficient (Wildman–Crippen LogP) is 0.887. The number of hydrogen-bond donors (Lipinski definition) is 1. The summed E-state index contributed by atoms with van der Waals surface area (Å²) >= 11 is 0. The van der Waals surface area contributed by atoms with Crippen LogP contribution in [-0.4, -0.2) is 29.7 Å². The topological polar surface area (TPSA) is 47.0 Å². The Morgan fingerprint density at radius 2 is 2.21 bits per heavy atom. The van der Waals surface area contributed by atoms with Gasteiger partial charge in [-0.05, 0) is 19.0 Å². The van der Waals surface area contributed by atoms with Crippen LogP contribution in [0.4, 0.5) is 0 Å². The van der Waals surface area contributed by atoms with Gasteiger partial charge >= 0.3 is 6.01 Å². The van der Waals surface area contributed by atoms with Crippen LogP contribution in [-0.2, 0) is 0 Å². The van der Waals surface area contributed by atoms with Crippen molar-refractivity contribution in [2.75, 3.05) is 19.7 Å². The van der Waals surface area contributed by atoms with E-state index in [2.05, 4.69) is 15.3 Å². The fraction of sp³-hybridized carbons (Fsp3) is 0.556. The Morgan fingerprint density at radius 3 is 2.86 bits per heavy atom. The van der Waals surface area contributed by atoms with E-state index in [4.69, 9.17) is 4.74 Å². The van der Waals surface area contributed by atoms with Gasteiger partial charge in [0.15, 0.2) is 0 Å². The second-order valence-corrected chi connectivity index (χ2v) is 3.20. The summed E-state index contributed by atoms with van der Waals surface area (Å²) in [6, 6.07) is 2.26. The molecule has 2 rings (SSSR count). The van der Waals surface area contributed by atoms with Gasteiger partial charge in [0.2, 0.25) is 0 Å². The Bertz CT molecular complexity index is 251. The molecule has 5 heteroatoms. The summed E-state index contributed by atoms with van der Waals surface area (Å²) in [7, 11) is 0. The third kappa shape index (κ3) is 3.12. The van der Waals surface area contributed by atoms with Crippen LogP contribution in [0.15, 0.2) is 18.5 Å². The van der Waals surface area contributed by atoms with Crippen molar-refractivity contribution in [1.29, 1.82) is 0 Å². The molecule has 4 nitrogen and oxygen atoms in total. The van der Waals surface area contributed by atoms with Crippen LogP contribution >= 0.6 is 12.4 Å². The molecule has 1 aliphatic rings. The Labute approximate surface area is 89.5 Å². The third-order valence-electron chi connectivity index (χ3n) is 2.15. The predicted molar refractivity (Wildman–Crippen MR) is 55.8 cm³/mol. The van der Waals surface area contributed by atoms with Crippen molar-refractivity contribution in [2.24, 2.45) is 5.92 Å². The molecule has 1 aliphatic heterocycles. The van der Waals surface area contributed by atoms with Crippen LogP contribution in [0.2, 0.25) is 0 Å². The van der Waals surface area contributed by atoms with Gasteiger partial charge in [-0.1, -0.05) is 0 Å². The second kappa shape index (κ2) is 5.78. The average molecular weight is 216 g/mol. The second-order valence-electron chi connectivity index (χ2n) is 3.20. The highest BCUT2D eigenvalue weighted by Gasteiger charge is 2.15. The molecule has 0 bridgehead atoms. The van der Waals surface area contributed by atoms with Gasteiger partial charge in [0.05, 0.1) is 6.61 Å². The molecule has 2 heterocycles. The van der Waals surface area contributed by atoms with Gasteiger partial charge in [0.25, 0.3) is 0 Å². The molecular weight excluding hydrogens is 202 g/mol. The minimum atomic E-state index is 0. The van der Waals surface area contributed by atoms with E-state index in [1.54, 1.807) is 18.5 Å². The monoisotopic (exact) mass is 215 g/mol. The van der Waals surface area contributed by atoms with Gasteiger partial charge in [0, 0.05) is 24.9 Å². The number of aromatic nitrogens is 2. The van der Waals surface area contributed by atoms with E-state index in [0.29, 0.717) is 11.9 Å². The summed E-state index contributed by atoms with van der Waals surface area (Å²) in [6.45, 7) is 2.87. The maximum absolute atomic E-state index is 5.43. The smallest absolute Gasteiger partial charge is 0.316 e. The summed E-state index contributed by atoms with van der Waals surface area (Å²) in [5, 5.41) is 3.29. The first-order valence-electron chi connectivity index (χ1n) is 4.55. The van der Waals surface area contributed by atoms with E-state index in [9.17, 15) is 0 Å². The molecule has 1 atom stereocenters. The molecule has 0 radical (unpaired) electrons. The number of ether oxygens (including phenoxy) is 1. The normalized spacial score (nSPS) is 20.1. The number of nitrogens with one attached hydrogen (secondary N) is 1. The van der Waals surface area contributed by atoms with Crippen LogP contribution in [0.3, 0.4) is 0 Å². The van der Waals surface area contributed by atoms with Gasteiger partial charge in [-0.15, -0.1) is 12.4 Å². The fourth-order valence-electron chi connectivity index (χ4n) is 1.41. The molecule has 0 saturated carbocycles. The van der Waals surface area contributed by atoms with Crippen LogP contribution in [0.25, 0.3) is 0 Å². The number of halogens is 1. The zero-order chi connectivity index (χ0) is 8.93. The lowest BCUT2D eigenvalue weighted by atomic mass is 10.1. The zero-order valence-electron chi connectivity index (χ0n) is 7.85. The average Bonchev–Trinajstić information content (AvgIpc) is 2.69. The quantitative estimate of drug-likeness (QED) is 0.814. The molecule has 0 amide bonds. The molecular formula is C9H14ClN3O. The third-order valence-corrected chi connectivity index (χ3v) is 2.15. The van der Waals surface area contributed by atoms with Gasteiger partial charge < -0.3 is 10.1 Å². The summed E-state index contributed by atoms with van der Waals surface area (Å²) in [5.74, 6) is 0.615. The molecule has 1 aromatic rings. The Kier molecular flexibility index (Phi) is 4.62. The number of hydrogen-bond acceptors (Lipinski definition) is 4. The van der Waals surface area contributed by atoms with E-state index in [1.807, 2.05) is 0 Å². The number of nitrogens with zero attached hydrogens (tertiary/aromatic N) is 2. The Morgan fingerprint density at radius 1 is 1.43 bits per heavy atom. The lowest BCUT2D eigenvalue weighted by molar-refractivity contribution is 0.241. The highest BCUT2D eigenvalue weighted by atomic mass is 35.5. The molecule has 1 fully saturated rings. The van der Waals surface area contributed by atoms with Crippen molar-refractivity contribution in [3.63, 3.8) is 0 Å². The summed E-state index contributed by atoms with van der Waals surface area (Å²) in [4.78, 5) is 7.97. The lowest BCUT2D eigenvalue weighted by Crippen LogP contribution is -2.16. The van der Waals surface area contributed by atoms with Crippen molar-refractivity contribution in [3.8, 4) is 6.01 Å². The SMILES string of the molecule is Cl.c1cnc(OCC2CCNC2)nc1. The van der Waals surface area contributed by atoms with E-state index in [0.717, 1.165) is 19.7 Å². The first-order chi connectivity index (χ1) is 6.45. The molecule has 1 unspecified atom stereocenters. The van der Waals surface area contributed by atoms with Crippen molar-refractivity contribution in [1.82, 2.24) is 15.3 Å². The zero-order valence-corrected chi connectivity index (χ0v) is 8.67. The molecule has 78 valence electrons. The standard InChI is InChI=1S/C9H13N3O.ClH/c1-3-11-9(12-4-1)13-7-8-2-5-10-6-8;/h1,3-4,8,10H,2,5-7H2;1H. The molecule has 1 saturated heterocycles. The van der Waals surface area contributed by atoms with E-state index in [-0.39, 0.29) is 12.4 Å². The van der Waals surface area contributed by atoms with Gasteiger partial charge in [-0.3, -0.25) is 0 Å². The van der Waals surface area contributed by atoms with E-state index in [1.165, 1.54) is 6.42 Å². The largest absolute Gasteiger partial charge is 0.463 e. The molecule has 0 aliphatic carbocycles. The van der Waals surface area contributed by atoms with Crippen molar-refractivity contribution < 1.29 is 4.74 Å². The van der Waals surface area contributed by atoms with Crippen molar-refractivity contribution in [3.05, 3.63) is 18.5 Å². The Balaban J connectivity index is 0.000000980. The maximum atomic E-state index is 5.43. The van der Waals surface area contributed by atoms with Crippen LogP contribution in [0.5, 0.6) is 6.01 Å². The van der Waals surface area contributed by atoms with E-state index < -0.39 is 0 Å². The molecule has 0 aromatic carbocycles. The molecule has 0 spiro atoms. The molecule has 1 N–H and O–H groups in total. The summed E-state index contributed by atoms with van der Waals surface area (Å²) in [6.07, 6.45) is 4.57. The van der Waals surface area contributed by atoms with Crippen molar-refractivity contribution in [2.45, 2.75) is 6.42 Å². The van der Waals surface area contributed by atoms with Gasteiger partial charge in [-0.25, -0.2) is 9.97 Å². The van der Waals surface area contributed by atoms with E-state index >= 15 is 0 Å². The molecule has 14 heavy (non-hydrogen) atoms. The minimum Gasteiger partial charge on any atom is -0.463 e. The molecule has 1 aromatic heterocycles. The fourth-order valence-corrected chi connectivity index (χ4v) is 1.41. The summed E-state index contributed by atoms with van der Waals surface area (Å²) < 4.78 is 5.43. The van der Waals surface area contributed by atoms with Crippen molar-refractivity contribution >= 4 is 12.4 Å². The number of rotatable bonds is 3. The highest BCUT2D eigenvalue weighted by molar-refractivity contribution is 5.85.